The first-order valence-electron chi connectivity index (χ1n) is 7.20. The minimum Gasteiger partial charge on any atom is -0.495 e. The molecule has 3 rings (SSSR count). The number of nitrogens with one attached hydrogen (secondary N) is 1. The lowest BCUT2D eigenvalue weighted by Gasteiger charge is -2.42. The maximum Gasteiger partial charge on any atom is 0.265 e. The van der Waals surface area contributed by atoms with Crippen LogP contribution >= 0.6 is 11.3 Å². The van der Waals surface area contributed by atoms with Gasteiger partial charge in [0.15, 0.2) is 0 Å². The zero-order valence-corrected chi connectivity index (χ0v) is 12.9. The zero-order chi connectivity index (χ0) is 14.7. The Kier molecular flexibility index (Phi) is 3.97. The molecule has 0 bridgehead atoms. The molecule has 110 valence electrons. The van der Waals surface area contributed by atoms with Crippen LogP contribution in [0.3, 0.4) is 0 Å². The van der Waals surface area contributed by atoms with Crippen molar-refractivity contribution in [1.82, 2.24) is 5.32 Å². The Morgan fingerprint density at radius 3 is 2.67 bits per heavy atom. The van der Waals surface area contributed by atoms with E-state index in [0.717, 1.165) is 12.8 Å². The van der Waals surface area contributed by atoms with Crippen molar-refractivity contribution in [3.63, 3.8) is 0 Å². The molecule has 1 aliphatic rings. The van der Waals surface area contributed by atoms with Crippen LogP contribution in [0.5, 0.6) is 5.75 Å². The predicted octanol–water partition coefficient (Wildman–Crippen LogP) is 3.61. The van der Waals surface area contributed by atoms with Crippen molar-refractivity contribution < 1.29 is 9.53 Å². The number of hydrogen-bond donors (Lipinski definition) is 1. The van der Waals surface area contributed by atoms with Gasteiger partial charge in [0.2, 0.25) is 0 Å². The van der Waals surface area contributed by atoms with Crippen molar-refractivity contribution in [2.45, 2.75) is 24.7 Å². The van der Waals surface area contributed by atoms with Gasteiger partial charge in [-0.3, -0.25) is 4.79 Å². The first-order chi connectivity index (χ1) is 10.2. The van der Waals surface area contributed by atoms with Crippen molar-refractivity contribution in [2.75, 3.05) is 13.7 Å². The summed E-state index contributed by atoms with van der Waals surface area (Å²) in [6.07, 6.45) is 3.50. The Bertz CT molecular complexity index is 617. The average molecular weight is 301 g/mol. The van der Waals surface area contributed by atoms with Crippen LogP contribution in [0, 0.1) is 0 Å². The first-order valence-corrected chi connectivity index (χ1v) is 8.08. The molecular formula is C17H19NO2S. The van der Waals surface area contributed by atoms with Gasteiger partial charge in [0.05, 0.1) is 7.11 Å². The summed E-state index contributed by atoms with van der Waals surface area (Å²) < 4.78 is 5.21. The highest BCUT2D eigenvalue weighted by Gasteiger charge is 2.38. The maximum atomic E-state index is 12.3. The number of amides is 1. The number of hydrogen-bond acceptors (Lipinski definition) is 3. The summed E-state index contributed by atoms with van der Waals surface area (Å²) >= 11 is 1.42. The van der Waals surface area contributed by atoms with Crippen molar-refractivity contribution in [1.29, 1.82) is 0 Å². The number of thiophene rings is 1. The van der Waals surface area contributed by atoms with E-state index >= 15 is 0 Å². The molecule has 0 aliphatic heterocycles. The Morgan fingerprint density at radius 1 is 1.29 bits per heavy atom. The van der Waals surface area contributed by atoms with E-state index in [9.17, 15) is 4.79 Å². The summed E-state index contributed by atoms with van der Waals surface area (Å²) in [6.45, 7) is 0.691. The summed E-state index contributed by atoms with van der Waals surface area (Å²) in [5.41, 5.74) is 1.44. The van der Waals surface area contributed by atoms with E-state index < -0.39 is 0 Å². The molecule has 0 atom stereocenters. The van der Waals surface area contributed by atoms with Gasteiger partial charge in [-0.2, -0.15) is 0 Å². The van der Waals surface area contributed by atoms with E-state index in [1.807, 2.05) is 17.5 Å². The number of ether oxygens (including phenoxy) is 1. The van der Waals surface area contributed by atoms with Gasteiger partial charge in [-0.15, -0.1) is 11.3 Å². The maximum absolute atomic E-state index is 12.3. The van der Waals surface area contributed by atoms with Crippen molar-refractivity contribution >= 4 is 17.2 Å². The second-order valence-corrected chi connectivity index (χ2v) is 6.42. The van der Waals surface area contributed by atoms with Crippen LogP contribution in [-0.4, -0.2) is 19.6 Å². The topological polar surface area (TPSA) is 38.3 Å². The van der Waals surface area contributed by atoms with Crippen LogP contribution in [0.1, 0.15) is 34.5 Å². The van der Waals surface area contributed by atoms with Crippen LogP contribution < -0.4 is 10.1 Å². The fraction of sp³-hybridized carbons (Fsp3) is 0.353. The standard InChI is InChI=1S/C17H19NO2S/c1-20-14-8-11-21-15(14)16(19)18-12-17(9-5-10-17)13-6-3-2-4-7-13/h2-4,6-8,11H,5,9-10,12H2,1H3,(H,18,19). The van der Waals surface area contributed by atoms with Crippen molar-refractivity contribution in [3.8, 4) is 5.75 Å². The number of carbonyl (C=O) groups is 1. The molecule has 21 heavy (non-hydrogen) atoms. The Balaban J connectivity index is 1.70. The third-order valence-electron chi connectivity index (χ3n) is 4.34. The molecule has 1 saturated carbocycles. The second-order valence-electron chi connectivity index (χ2n) is 5.50. The van der Waals surface area contributed by atoms with Crippen molar-refractivity contribution in [2.24, 2.45) is 0 Å². The molecule has 1 heterocycles. The molecule has 0 radical (unpaired) electrons. The monoisotopic (exact) mass is 301 g/mol. The summed E-state index contributed by atoms with van der Waals surface area (Å²) in [7, 11) is 1.59. The van der Waals surface area contributed by atoms with Crippen LogP contribution in [0.2, 0.25) is 0 Å². The normalized spacial score (nSPS) is 16.0. The first kappa shape index (κ1) is 14.1. The zero-order valence-electron chi connectivity index (χ0n) is 12.1. The van der Waals surface area contributed by atoms with E-state index in [4.69, 9.17) is 4.74 Å². The van der Waals surface area contributed by atoms with E-state index in [-0.39, 0.29) is 11.3 Å². The summed E-state index contributed by atoms with van der Waals surface area (Å²) in [4.78, 5) is 13.0. The minimum atomic E-state index is -0.0379. The van der Waals surface area contributed by atoms with Gasteiger partial charge in [0.1, 0.15) is 10.6 Å². The number of carbonyl (C=O) groups excluding carboxylic acids is 1. The van der Waals surface area contributed by atoms with Crippen molar-refractivity contribution in [3.05, 3.63) is 52.2 Å². The third-order valence-corrected chi connectivity index (χ3v) is 5.23. The van der Waals surface area contributed by atoms with E-state index in [0.29, 0.717) is 17.2 Å². The fourth-order valence-electron chi connectivity index (χ4n) is 2.92. The molecule has 1 aromatic heterocycles. The average Bonchev–Trinajstić information content (AvgIpc) is 2.95. The minimum absolute atomic E-state index is 0.0379. The van der Waals surface area contributed by atoms with Gasteiger partial charge >= 0.3 is 0 Å². The highest BCUT2D eigenvalue weighted by atomic mass is 32.1. The van der Waals surface area contributed by atoms with Gasteiger partial charge in [-0.25, -0.2) is 0 Å². The third kappa shape index (κ3) is 2.68. The molecule has 1 amide bonds. The lowest BCUT2D eigenvalue weighted by Crippen LogP contribution is -2.45. The number of rotatable bonds is 5. The van der Waals surface area contributed by atoms with Gasteiger partial charge in [-0.1, -0.05) is 36.8 Å². The molecular weight excluding hydrogens is 282 g/mol. The Hall–Kier alpha value is -1.81. The van der Waals surface area contributed by atoms with E-state index in [1.165, 1.54) is 23.3 Å². The molecule has 1 N–H and O–H groups in total. The predicted molar refractivity (Wildman–Crippen MR) is 85.2 cm³/mol. The van der Waals surface area contributed by atoms with E-state index in [2.05, 4.69) is 29.6 Å². The van der Waals surface area contributed by atoms with Crippen LogP contribution in [0.15, 0.2) is 41.8 Å². The highest BCUT2D eigenvalue weighted by molar-refractivity contribution is 7.12. The van der Waals surface area contributed by atoms with E-state index in [1.54, 1.807) is 7.11 Å². The Morgan fingerprint density at radius 2 is 2.05 bits per heavy atom. The molecule has 0 unspecified atom stereocenters. The fourth-order valence-corrected chi connectivity index (χ4v) is 3.69. The highest BCUT2D eigenvalue weighted by Crippen LogP contribution is 2.43. The van der Waals surface area contributed by atoms with Crippen LogP contribution in [-0.2, 0) is 5.41 Å². The van der Waals surface area contributed by atoms with Gasteiger partial charge in [-0.05, 0) is 29.9 Å². The quantitative estimate of drug-likeness (QED) is 0.916. The van der Waals surface area contributed by atoms with Gasteiger partial charge in [0.25, 0.3) is 5.91 Å². The summed E-state index contributed by atoms with van der Waals surface area (Å²) in [6, 6.07) is 12.3. The largest absolute Gasteiger partial charge is 0.495 e. The SMILES string of the molecule is COc1ccsc1C(=O)NCC1(c2ccccc2)CCC1. The number of methoxy groups -OCH3 is 1. The van der Waals surface area contributed by atoms with Crippen LogP contribution in [0.25, 0.3) is 0 Å². The van der Waals surface area contributed by atoms with Crippen LogP contribution in [0.4, 0.5) is 0 Å². The molecule has 0 saturated heterocycles. The van der Waals surface area contributed by atoms with Gasteiger partial charge in [0, 0.05) is 12.0 Å². The second kappa shape index (κ2) is 5.90. The lowest BCUT2D eigenvalue weighted by atomic mass is 9.64. The molecule has 2 aromatic rings. The number of benzene rings is 1. The summed E-state index contributed by atoms with van der Waals surface area (Å²) in [5, 5.41) is 4.97. The molecule has 1 aliphatic carbocycles. The summed E-state index contributed by atoms with van der Waals surface area (Å²) in [5.74, 6) is 0.615. The molecule has 3 nitrogen and oxygen atoms in total. The molecule has 4 heteroatoms. The lowest BCUT2D eigenvalue weighted by molar-refractivity contribution is 0.0929. The Labute approximate surface area is 129 Å². The molecule has 0 spiro atoms. The smallest absolute Gasteiger partial charge is 0.265 e. The molecule has 1 fully saturated rings. The molecule has 1 aromatic carbocycles. The van der Waals surface area contributed by atoms with Gasteiger partial charge < -0.3 is 10.1 Å².